The minimum atomic E-state index is -1.10. The van der Waals surface area contributed by atoms with Crippen molar-refractivity contribution in [1.82, 2.24) is 10.6 Å². The maximum absolute atomic E-state index is 13.0. The van der Waals surface area contributed by atoms with Gasteiger partial charge in [0.2, 0.25) is 5.91 Å². The van der Waals surface area contributed by atoms with Gasteiger partial charge in [0.25, 0.3) is 0 Å². The molecule has 0 saturated carbocycles. The van der Waals surface area contributed by atoms with Gasteiger partial charge in [-0.3, -0.25) is 4.79 Å². The van der Waals surface area contributed by atoms with Crippen molar-refractivity contribution in [2.45, 2.75) is 59.0 Å². The molecular formula is C27H34N2O5. The SMILES string of the molecule is CC(C)C[C@@H](NC(=O)[C@H](NC(=O)OCC1c2ccccc2-c2ccccc21)C(C)(C)C)C(=O)O. The summed E-state index contributed by atoms with van der Waals surface area (Å²) in [6.07, 6.45) is -0.421. The van der Waals surface area contributed by atoms with Crippen LogP contribution >= 0.6 is 0 Å². The predicted octanol–water partition coefficient (Wildman–Crippen LogP) is 4.56. The summed E-state index contributed by atoms with van der Waals surface area (Å²) in [5.74, 6) is -1.66. The molecule has 7 nitrogen and oxygen atoms in total. The van der Waals surface area contributed by atoms with E-state index in [-0.39, 0.29) is 18.4 Å². The summed E-state index contributed by atoms with van der Waals surface area (Å²) in [5.41, 5.74) is 3.79. The molecule has 2 amide bonds. The lowest BCUT2D eigenvalue weighted by atomic mass is 9.86. The lowest BCUT2D eigenvalue weighted by molar-refractivity contribution is -0.143. The van der Waals surface area contributed by atoms with Gasteiger partial charge in [0.15, 0.2) is 0 Å². The van der Waals surface area contributed by atoms with Gasteiger partial charge in [-0.1, -0.05) is 83.1 Å². The largest absolute Gasteiger partial charge is 0.480 e. The van der Waals surface area contributed by atoms with Gasteiger partial charge in [-0.25, -0.2) is 9.59 Å². The first-order valence-electron chi connectivity index (χ1n) is 11.6. The Balaban J connectivity index is 1.69. The zero-order chi connectivity index (χ0) is 25.0. The van der Waals surface area contributed by atoms with E-state index in [0.29, 0.717) is 6.42 Å². The van der Waals surface area contributed by atoms with E-state index >= 15 is 0 Å². The van der Waals surface area contributed by atoms with Crippen LogP contribution in [0.15, 0.2) is 48.5 Å². The maximum Gasteiger partial charge on any atom is 0.407 e. The van der Waals surface area contributed by atoms with Crippen LogP contribution in [-0.4, -0.2) is 41.8 Å². The monoisotopic (exact) mass is 466 g/mol. The highest BCUT2D eigenvalue weighted by atomic mass is 16.5. The molecule has 2 atom stereocenters. The van der Waals surface area contributed by atoms with Gasteiger partial charge < -0.3 is 20.5 Å². The van der Waals surface area contributed by atoms with Gasteiger partial charge in [-0.05, 0) is 40.0 Å². The van der Waals surface area contributed by atoms with Crippen LogP contribution in [0.1, 0.15) is 58.1 Å². The molecule has 0 unspecified atom stereocenters. The minimum Gasteiger partial charge on any atom is -0.480 e. The molecule has 7 heteroatoms. The summed E-state index contributed by atoms with van der Waals surface area (Å²) in [6.45, 7) is 9.32. The number of carbonyl (C=O) groups is 3. The topological polar surface area (TPSA) is 105 Å². The molecule has 0 radical (unpaired) electrons. The van der Waals surface area contributed by atoms with E-state index in [0.717, 1.165) is 22.3 Å². The normalized spacial score (nSPS) is 14.6. The third-order valence-electron chi connectivity index (χ3n) is 6.06. The predicted molar refractivity (Wildman–Crippen MR) is 130 cm³/mol. The quantitative estimate of drug-likeness (QED) is 0.529. The van der Waals surface area contributed by atoms with Crippen molar-refractivity contribution in [3.05, 3.63) is 59.7 Å². The average Bonchev–Trinajstić information content (AvgIpc) is 3.08. The smallest absolute Gasteiger partial charge is 0.407 e. The van der Waals surface area contributed by atoms with Crippen LogP contribution in [0.3, 0.4) is 0 Å². The summed E-state index contributed by atoms with van der Waals surface area (Å²) in [4.78, 5) is 37.3. The summed E-state index contributed by atoms with van der Waals surface area (Å²) >= 11 is 0. The third-order valence-corrected chi connectivity index (χ3v) is 6.06. The first-order valence-corrected chi connectivity index (χ1v) is 11.6. The number of carbonyl (C=O) groups excluding carboxylic acids is 2. The number of rotatable bonds is 8. The van der Waals surface area contributed by atoms with Crippen LogP contribution < -0.4 is 10.6 Å². The number of carboxylic acid groups (broad SMARTS) is 1. The van der Waals surface area contributed by atoms with Crippen molar-refractivity contribution in [3.63, 3.8) is 0 Å². The van der Waals surface area contributed by atoms with Crippen molar-refractivity contribution in [2.24, 2.45) is 11.3 Å². The molecule has 3 N–H and O–H groups in total. The van der Waals surface area contributed by atoms with Gasteiger partial charge >= 0.3 is 12.1 Å². The van der Waals surface area contributed by atoms with Crippen LogP contribution in [0.5, 0.6) is 0 Å². The van der Waals surface area contributed by atoms with Crippen molar-refractivity contribution >= 4 is 18.0 Å². The number of ether oxygens (including phenoxy) is 1. The van der Waals surface area contributed by atoms with Crippen molar-refractivity contribution in [3.8, 4) is 11.1 Å². The van der Waals surface area contributed by atoms with E-state index < -0.39 is 35.5 Å². The van der Waals surface area contributed by atoms with Crippen LogP contribution in [-0.2, 0) is 14.3 Å². The molecule has 0 heterocycles. The molecule has 3 rings (SSSR count). The number of hydrogen-bond donors (Lipinski definition) is 3. The highest BCUT2D eigenvalue weighted by molar-refractivity contribution is 5.90. The number of alkyl carbamates (subject to hydrolysis) is 1. The molecule has 0 bridgehead atoms. The second-order valence-corrected chi connectivity index (χ2v) is 10.3. The second-order valence-electron chi connectivity index (χ2n) is 10.3. The first kappa shape index (κ1) is 25.3. The van der Waals surface area contributed by atoms with Gasteiger partial charge in [0, 0.05) is 5.92 Å². The number of hydrogen-bond acceptors (Lipinski definition) is 4. The number of benzene rings is 2. The van der Waals surface area contributed by atoms with Gasteiger partial charge in [-0.15, -0.1) is 0 Å². The van der Waals surface area contributed by atoms with Crippen molar-refractivity contribution in [1.29, 1.82) is 0 Å². The molecule has 0 saturated heterocycles. The van der Waals surface area contributed by atoms with Crippen LogP contribution in [0.2, 0.25) is 0 Å². The fourth-order valence-corrected chi connectivity index (χ4v) is 4.38. The lowest BCUT2D eigenvalue weighted by Crippen LogP contribution is -2.56. The fourth-order valence-electron chi connectivity index (χ4n) is 4.38. The molecule has 0 fully saturated rings. The van der Waals surface area contributed by atoms with Crippen molar-refractivity contribution < 1.29 is 24.2 Å². The highest BCUT2D eigenvalue weighted by Gasteiger charge is 2.36. The Morgan fingerprint density at radius 1 is 0.941 bits per heavy atom. The first-order chi connectivity index (χ1) is 16.0. The Morgan fingerprint density at radius 3 is 1.94 bits per heavy atom. The fraction of sp³-hybridized carbons (Fsp3) is 0.444. The van der Waals surface area contributed by atoms with E-state index in [1.165, 1.54) is 0 Å². The van der Waals surface area contributed by atoms with E-state index in [1.807, 2.05) is 50.2 Å². The third kappa shape index (κ3) is 5.76. The molecule has 1 aliphatic carbocycles. The number of aliphatic carboxylic acids is 1. The Morgan fingerprint density at radius 2 is 1.47 bits per heavy atom. The van der Waals surface area contributed by atoms with E-state index in [9.17, 15) is 19.5 Å². The Kier molecular flexibility index (Phi) is 7.64. The molecular weight excluding hydrogens is 432 g/mol. The number of carboxylic acids is 1. The molecule has 0 spiro atoms. The second kappa shape index (κ2) is 10.3. The Bertz CT molecular complexity index is 1010. The average molecular weight is 467 g/mol. The molecule has 34 heavy (non-hydrogen) atoms. The molecule has 0 aliphatic heterocycles. The minimum absolute atomic E-state index is 0.0876. The Labute approximate surface area is 200 Å². The summed E-state index contributed by atoms with van der Waals surface area (Å²) in [6, 6.07) is 14.1. The van der Waals surface area contributed by atoms with E-state index in [4.69, 9.17) is 4.74 Å². The highest BCUT2D eigenvalue weighted by Crippen LogP contribution is 2.44. The summed E-state index contributed by atoms with van der Waals surface area (Å²) in [5, 5.41) is 14.7. The number of nitrogens with one attached hydrogen (secondary N) is 2. The molecule has 182 valence electrons. The zero-order valence-electron chi connectivity index (χ0n) is 20.4. The Hall–Kier alpha value is -3.35. The van der Waals surface area contributed by atoms with Crippen LogP contribution in [0, 0.1) is 11.3 Å². The molecule has 1 aliphatic rings. The number of fused-ring (bicyclic) bond motifs is 3. The molecule has 0 aromatic heterocycles. The van der Waals surface area contributed by atoms with Gasteiger partial charge in [0.05, 0.1) is 0 Å². The standard InChI is InChI=1S/C27H34N2O5/c1-16(2)14-22(25(31)32)28-24(30)23(27(3,4)5)29-26(33)34-15-21-19-12-8-6-10-17(19)18-11-7-9-13-20(18)21/h6-13,16,21-23H,14-15H2,1-5H3,(H,28,30)(H,29,33)(H,31,32)/t22-,23+/m1/s1. The van der Waals surface area contributed by atoms with Crippen molar-refractivity contribution in [2.75, 3.05) is 6.61 Å². The molecule has 2 aromatic carbocycles. The van der Waals surface area contributed by atoms with Crippen LogP contribution in [0.25, 0.3) is 11.1 Å². The van der Waals surface area contributed by atoms with Gasteiger partial charge in [-0.2, -0.15) is 0 Å². The van der Waals surface area contributed by atoms with E-state index in [2.05, 4.69) is 22.8 Å². The molecule has 2 aromatic rings. The zero-order valence-corrected chi connectivity index (χ0v) is 20.4. The van der Waals surface area contributed by atoms with Gasteiger partial charge in [0.1, 0.15) is 18.7 Å². The summed E-state index contributed by atoms with van der Waals surface area (Å²) < 4.78 is 5.59. The summed E-state index contributed by atoms with van der Waals surface area (Å²) in [7, 11) is 0. The lowest BCUT2D eigenvalue weighted by Gasteiger charge is -2.31. The number of amides is 2. The van der Waals surface area contributed by atoms with E-state index in [1.54, 1.807) is 20.8 Å². The van der Waals surface area contributed by atoms with Crippen LogP contribution in [0.4, 0.5) is 4.79 Å². The maximum atomic E-state index is 13.0.